The molecule has 12 heteroatoms. The summed E-state index contributed by atoms with van der Waals surface area (Å²) in [6.45, 7) is 18.1. The van der Waals surface area contributed by atoms with Crippen molar-refractivity contribution in [2.24, 2.45) is 50.2 Å². The van der Waals surface area contributed by atoms with Gasteiger partial charge in [-0.25, -0.2) is 0 Å². The van der Waals surface area contributed by atoms with E-state index < -0.39 is 62.3 Å². The van der Waals surface area contributed by atoms with E-state index in [2.05, 4.69) is 91.3 Å². The van der Waals surface area contributed by atoms with Crippen LogP contribution < -0.4 is 5.32 Å². The summed E-state index contributed by atoms with van der Waals surface area (Å²) in [6, 6.07) is 6.90. The number of epoxide rings is 1. The Morgan fingerprint density at radius 1 is 0.866 bits per heavy atom. The van der Waals surface area contributed by atoms with Gasteiger partial charge in [0.1, 0.15) is 17.7 Å². The molecule has 15 atom stereocenters. The van der Waals surface area contributed by atoms with Crippen LogP contribution in [0.4, 0.5) is 0 Å². The smallest absolute Gasteiger partial charge is 0.160 e. The molecule has 2 saturated heterocycles. The highest BCUT2D eigenvalue weighted by atomic mass is 16.6. The number of aryl methyl sites for hydroxylation is 1. The highest BCUT2D eigenvalue weighted by molar-refractivity contribution is 6.02. The normalized spacial score (nSPS) is 41.1. The predicted molar refractivity (Wildman–Crippen MR) is 315 cm³/mol. The Balaban J connectivity index is 0.937. The number of fused-ring (bicyclic) bond motifs is 9. The second-order valence-electron chi connectivity index (χ2n) is 30.9. The van der Waals surface area contributed by atoms with Crippen LogP contribution in [0.15, 0.2) is 47.9 Å². The third-order valence-corrected chi connectivity index (χ3v) is 26.8. The Kier molecular flexibility index (Phi) is 12.1. The van der Waals surface area contributed by atoms with E-state index in [1.54, 1.807) is 0 Å². The lowest BCUT2D eigenvalue weighted by Crippen LogP contribution is -2.74. The lowest BCUT2D eigenvalue weighted by Gasteiger charge is -2.76. The molecule has 440 valence electrons. The molecule has 6 heterocycles. The third kappa shape index (κ3) is 7.08. The molecule has 8 aliphatic carbocycles. The first kappa shape index (κ1) is 54.5. The lowest BCUT2D eigenvalue weighted by atomic mass is 9.28. The van der Waals surface area contributed by atoms with Gasteiger partial charge in [-0.3, -0.25) is 14.4 Å². The van der Waals surface area contributed by atoms with Crippen molar-refractivity contribution < 1.29 is 39.2 Å². The summed E-state index contributed by atoms with van der Waals surface area (Å²) in [6.07, 6.45) is 19.4. The van der Waals surface area contributed by atoms with Gasteiger partial charge in [0.15, 0.2) is 5.78 Å². The molecule has 3 aliphatic heterocycles. The van der Waals surface area contributed by atoms with E-state index in [4.69, 9.17) is 9.47 Å². The molecule has 0 unspecified atom stereocenters. The van der Waals surface area contributed by atoms with E-state index in [0.29, 0.717) is 88.7 Å². The van der Waals surface area contributed by atoms with Crippen LogP contribution in [-0.4, -0.2) is 97.9 Å². The average molecular weight is 1120 g/mol. The molecule has 1 spiro atoms. The summed E-state index contributed by atoms with van der Waals surface area (Å²) < 4.78 is 14.4. The van der Waals surface area contributed by atoms with Crippen LogP contribution in [0.5, 0.6) is 0 Å². The van der Waals surface area contributed by atoms with Gasteiger partial charge in [-0.1, -0.05) is 66.0 Å². The molecule has 7 fully saturated rings. The number of hydrogen-bond donors (Lipinski definition) is 6. The summed E-state index contributed by atoms with van der Waals surface area (Å²) in [7, 11) is 1.99. The van der Waals surface area contributed by atoms with E-state index in [1.807, 2.05) is 20.9 Å². The highest BCUT2D eigenvalue weighted by Gasteiger charge is 2.80. The van der Waals surface area contributed by atoms with E-state index >= 15 is 14.4 Å². The van der Waals surface area contributed by atoms with Crippen molar-refractivity contribution >= 4 is 28.4 Å². The van der Waals surface area contributed by atoms with Gasteiger partial charge in [0.2, 0.25) is 0 Å². The van der Waals surface area contributed by atoms with Crippen molar-refractivity contribution in [1.29, 1.82) is 0 Å². The van der Waals surface area contributed by atoms with Gasteiger partial charge in [-0.15, -0.1) is 0 Å². The first-order chi connectivity index (χ1) is 39.1. The van der Waals surface area contributed by atoms with Gasteiger partial charge in [-0.05, 0) is 195 Å². The Morgan fingerprint density at radius 3 is 2.38 bits per heavy atom. The lowest BCUT2D eigenvalue weighted by molar-refractivity contribution is -0.267. The SMILES string of the molecule is CNCC[C@]1(C)C(=O)[C@H]2c3cc[nH]c3[C@H]3CC[C@@]2(C3)[C@@]2(C)[C@H]3[C@H](O)[C@@H]4Cn5cc([C@H]6C(=O)CCc7c6cc(C6CCCCC6)cc7C6(O)CCOCC6)c6[nH]cc(c65)CC[C@@](C)(C[C@@H](O)[C@H]5OC5(C)C)C5=C4[C@](C)(CC5=O)[C@@]3(C)CC[C@H]21. The maximum Gasteiger partial charge on any atom is 0.160 e. The number of rotatable bonds is 9. The molecular formula is C70H92N4O8. The number of hydrogen-bond acceptors (Lipinski definition) is 9. The zero-order valence-corrected chi connectivity index (χ0v) is 50.3. The summed E-state index contributed by atoms with van der Waals surface area (Å²) in [5.41, 5.74) is 7.77. The van der Waals surface area contributed by atoms with Crippen LogP contribution in [0, 0.1) is 50.2 Å². The number of aromatic nitrogens is 3. The summed E-state index contributed by atoms with van der Waals surface area (Å²) in [4.78, 5) is 54.8. The fraction of sp³-hybridized carbons (Fsp3) is 0.700. The number of nitrogens with zero attached hydrogens (tertiary/aromatic N) is 1. The molecule has 12 nitrogen and oxygen atoms in total. The number of nitrogens with one attached hydrogen (secondary N) is 3. The van der Waals surface area contributed by atoms with Crippen molar-refractivity contribution in [2.75, 3.05) is 26.8 Å². The van der Waals surface area contributed by atoms with Crippen LogP contribution in [-0.2, 0) is 48.8 Å². The minimum atomic E-state index is -1.04. The number of Topliss-reactive ketones (excluding diaryl/α,β-unsaturated/α-hetero) is 3. The number of benzene rings is 1. The minimum Gasteiger partial charge on any atom is -0.392 e. The van der Waals surface area contributed by atoms with Crippen LogP contribution in [0.1, 0.15) is 226 Å². The number of H-pyrrole nitrogens is 2. The first-order valence-electron chi connectivity index (χ1n) is 32.4. The number of ketones is 3. The molecule has 0 radical (unpaired) electrons. The number of aliphatic hydroxyl groups excluding tert-OH is 2. The zero-order valence-electron chi connectivity index (χ0n) is 50.3. The molecule has 82 heavy (non-hydrogen) atoms. The maximum atomic E-state index is 16.0. The Bertz CT molecular complexity index is 3370. The van der Waals surface area contributed by atoms with Crippen LogP contribution >= 0.6 is 0 Å². The average Bonchev–Trinajstić information content (AvgIpc) is 1.42. The van der Waals surface area contributed by atoms with Gasteiger partial charge < -0.3 is 44.6 Å². The molecule has 11 aliphatic rings. The Morgan fingerprint density at radius 2 is 1.63 bits per heavy atom. The van der Waals surface area contributed by atoms with E-state index in [9.17, 15) is 15.3 Å². The Hall–Kier alpha value is -4.17. The molecule has 4 aromatic rings. The molecular weight excluding hydrogens is 1020 g/mol. The second-order valence-corrected chi connectivity index (χ2v) is 30.9. The summed E-state index contributed by atoms with van der Waals surface area (Å²) in [5.74, 6) is -0.205. The fourth-order valence-electron chi connectivity index (χ4n) is 22.8. The molecule has 3 aromatic heterocycles. The number of allylic oxidation sites excluding steroid dienone is 1. The highest BCUT2D eigenvalue weighted by Crippen LogP contribution is 2.84. The van der Waals surface area contributed by atoms with Crippen LogP contribution in [0.3, 0.4) is 0 Å². The minimum absolute atomic E-state index is 0.0118. The van der Waals surface area contributed by atoms with Gasteiger partial charge >= 0.3 is 0 Å². The van der Waals surface area contributed by atoms with Crippen LogP contribution in [0.25, 0.3) is 11.0 Å². The van der Waals surface area contributed by atoms with Gasteiger partial charge in [0.25, 0.3) is 0 Å². The number of aromatic amines is 2. The molecule has 1 aromatic carbocycles. The molecule has 5 saturated carbocycles. The van der Waals surface area contributed by atoms with Crippen LogP contribution in [0.2, 0.25) is 0 Å². The molecule has 6 N–H and O–H groups in total. The number of ether oxygens (including phenoxy) is 2. The monoisotopic (exact) mass is 1120 g/mol. The molecule has 15 rings (SSSR count). The molecule has 0 amide bonds. The van der Waals surface area contributed by atoms with Crippen molar-refractivity contribution in [2.45, 2.75) is 230 Å². The molecule has 2 bridgehead atoms. The first-order valence-corrected chi connectivity index (χ1v) is 32.4. The summed E-state index contributed by atoms with van der Waals surface area (Å²) >= 11 is 0. The Labute approximate surface area is 485 Å². The van der Waals surface area contributed by atoms with Gasteiger partial charge in [0.05, 0.1) is 46.3 Å². The van der Waals surface area contributed by atoms with E-state index in [0.717, 1.165) is 108 Å². The van der Waals surface area contributed by atoms with Gasteiger partial charge in [0, 0.05) is 97.6 Å². The largest absolute Gasteiger partial charge is 0.392 e. The topological polar surface area (TPSA) is 182 Å². The third-order valence-electron chi connectivity index (χ3n) is 26.8. The van der Waals surface area contributed by atoms with Crippen molar-refractivity contribution in [3.8, 4) is 0 Å². The quantitative estimate of drug-likeness (QED) is 0.0889. The number of aliphatic hydroxyl groups is 3. The number of carbonyl (C=O) groups excluding carboxylic acids is 3. The van der Waals surface area contributed by atoms with E-state index in [1.165, 1.54) is 36.1 Å². The van der Waals surface area contributed by atoms with E-state index in [-0.39, 0.29) is 40.8 Å². The second kappa shape index (κ2) is 18.2. The predicted octanol–water partition coefficient (Wildman–Crippen LogP) is 11.4. The van der Waals surface area contributed by atoms with Gasteiger partial charge in [-0.2, -0.15) is 0 Å². The van der Waals surface area contributed by atoms with Crippen molar-refractivity contribution in [1.82, 2.24) is 19.9 Å². The summed E-state index contributed by atoms with van der Waals surface area (Å²) in [5, 5.41) is 43.2. The van der Waals surface area contributed by atoms with Crippen molar-refractivity contribution in [3.05, 3.63) is 92.6 Å². The standard InChI is InChI=1S/C70H92N4O8/c1-63(2)62(82-63)50(77)33-64(3)20-16-40-35-73-57-45(52-44-30-41(38-12-10-9-11-13-38)31-47(42(44)14-15-48(52)75)70(80)24-28-81-29-25-70)36-74(58(40)57)37-46-53-55(64)49(76)34-67(53,6)66(5)21-18-51-65(4,23-27-71-8)61(79)54-43-19-26-72-56(43)39-17-22-69(54,32-39)68(51,7)60(66)59(46)78/h19,26,30-31,35-36,38-39,46,50-52,54,59-60,62,71-73,77-78,80H,9-18,20-25,27-29,32-34,37H2,1-8H3/t39-,46+,50+,51-,52-,54+,59+,60-,62+,64-,65-,66-,67-,68+,69-/m0/s1. The fourth-order valence-corrected chi connectivity index (χ4v) is 22.8. The maximum absolute atomic E-state index is 16.0. The van der Waals surface area contributed by atoms with Crippen molar-refractivity contribution in [3.63, 3.8) is 0 Å². The number of carbonyl (C=O) groups is 3. The zero-order chi connectivity index (χ0) is 57.1.